The fourth-order valence-electron chi connectivity index (χ4n) is 2.10. The fourth-order valence-corrected chi connectivity index (χ4v) is 2.62. The molecular weight excluding hydrogens is 330 g/mol. The van der Waals surface area contributed by atoms with Gasteiger partial charge >= 0.3 is 10.1 Å². The van der Waals surface area contributed by atoms with Crippen LogP contribution in [0.1, 0.15) is 38.7 Å². The van der Waals surface area contributed by atoms with Crippen molar-refractivity contribution >= 4 is 16.0 Å². The number of methoxy groups -OCH3 is 1. The summed E-state index contributed by atoms with van der Waals surface area (Å²) >= 11 is 0. The maximum Gasteiger partial charge on any atom is 0.308 e. The third-order valence-electron chi connectivity index (χ3n) is 3.51. The van der Waals surface area contributed by atoms with Gasteiger partial charge < -0.3 is 13.8 Å². The van der Waals surface area contributed by atoms with E-state index in [0.29, 0.717) is 26.1 Å². The maximum atomic E-state index is 12.3. The lowest BCUT2D eigenvalue weighted by Gasteiger charge is -2.23. The van der Waals surface area contributed by atoms with Gasteiger partial charge in [-0.05, 0) is 31.0 Å². The van der Waals surface area contributed by atoms with Gasteiger partial charge in [0.2, 0.25) is 5.91 Å². The molecule has 1 aromatic rings. The van der Waals surface area contributed by atoms with Gasteiger partial charge in [0.15, 0.2) is 0 Å². The number of benzene rings is 1. The van der Waals surface area contributed by atoms with Crippen LogP contribution < -0.4 is 4.18 Å². The summed E-state index contributed by atoms with van der Waals surface area (Å²) in [5.74, 6) is 0.246. The van der Waals surface area contributed by atoms with Crippen molar-refractivity contribution in [1.82, 2.24) is 4.90 Å². The van der Waals surface area contributed by atoms with Crippen LogP contribution in [0.25, 0.3) is 0 Å². The first kappa shape index (κ1) is 20.4. The van der Waals surface area contributed by atoms with E-state index in [9.17, 15) is 13.2 Å². The smallest absolute Gasteiger partial charge is 0.308 e. The standard InChI is InChI=1S/C17H27NO5S/c1-4-6-10-17(19)18(11-12-22-3)14-15-8-7-9-16(13-15)23-24(20,21)5-2/h7-9,13H,4-6,10-12,14H2,1-3H3. The van der Waals surface area contributed by atoms with Gasteiger partial charge in [-0.15, -0.1) is 0 Å². The Kier molecular flexibility index (Phi) is 8.78. The van der Waals surface area contributed by atoms with Crippen LogP contribution in [0.4, 0.5) is 0 Å². The van der Waals surface area contributed by atoms with Crippen molar-refractivity contribution in [2.75, 3.05) is 26.0 Å². The van der Waals surface area contributed by atoms with E-state index in [1.807, 2.05) is 13.0 Å². The van der Waals surface area contributed by atoms with Gasteiger partial charge in [0.05, 0.1) is 12.4 Å². The molecule has 7 heteroatoms. The number of nitrogens with zero attached hydrogens (tertiary/aromatic N) is 1. The number of rotatable bonds is 11. The summed E-state index contributed by atoms with van der Waals surface area (Å²) in [6.45, 7) is 4.92. The quantitative estimate of drug-likeness (QED) is 0.569. The van der Waals surface area contributed by atoms with Crippen LogP contribution in [0, 0.1) is 0 Å². The minimum Gasteiger partial charge on any atom is -0.383 e. The molecule has 0 unspecified atom stereocenters. The highest BCUT2D eigenvalue weighted by Gasteiger charge is 2.15. The summed E-state index contributed by atoms with van der Waals surface area (Å²) in [5.41, 5.74) is 0.819. The Bertz CT molecular complexity index is 615. The molecule has 0 fully saturated rings. The minimum atomic E-state index is -3.56. The second-order valence-electron chi connectivity index (χ2n) is 5.49. The predicted octanol–water partition coefficient (Wildman–Crippen LogP) is 2.58. The van der Waals surface area contributed by atoms with Gasteiger partial charge in [0, 0.05) is 26.6 Å². The molecule has 0 spiro atoms. The third kappa shape index (κ3) is 7.31. The lowest BCUT2D eigenvalue weighted by molar-refractivity contribution is -0.132. The molecule has 0 aliphatic carbocycles. The number of carbonyl (C=O) groups is 1. The van der Waals surface area contributed by atoms with Crippen LogP contribution in [0.3, 0.4) is 0 Å². The highest BCUT2D eigenvalue weighted by molar-refractivity contribution is 7.87. The third-order valence-corrected chi connectivity index (χ3v) is 4.66. The zero-order chi connectivity index (χ0) is 18.0. The van der Waals surface area contributed by atoms with E-state index in [-0.39, 0.29) is 17.4 Å². The van der Waals surface area contributed by atoms with Gasteiger partial charge in [-0.1, -0.05) is 25.5 Å². The molecule has 24 heavy (non-hydrogen) atoms. The average Bonchev–Trinajstić information content (AvgIpc) is 2.56. The topological polar surface area (TPSA) is 72.9 Å². The van der Waals surface area contributed by atoms with Gasteiger partial charge in [0.25, 0.3) is 0 Å². The molecule has 0 bridgehead atoms. The molecule has 6 nitrogen and oxygen atoms in total. The van der Waals surface area contributed by atoms with Crippen molar-refractivity contribution in [3.63, 3.8) is 0 Å². The number of hydrogen-bond acceptors (Lipinski definition) is 5. The highest BCUT2D eigenvalue weighted by Crippen LogP contribution is 2.17. The maximum absolute atomic E-state index is 12.3. The number of hydrogen-bond donors (Lipinski definition) is 0. The van der Waals surface area contributed by atoms with Crippen molar-refractivity contribution in [2.24, 2.45) is 0 Å². The molecule has 1 aromatic carbocycles. The second-order valence-corrected chi connectivity index (χ2v) is 7.35. The minimum absolute atomic E-state index is 0.0707. The summed E-state index contributed by atoms with van der Waals surface area (Å²) in [4.78, 5) is 14.0. The molecule has 0 saturated heterocycles. The number of amides is 1. The Morgan fingerprint density at radius 2 is 2.00 bits per heavy atom. The van der Waals surface area contributed by atoms with Crippen molar-refractivity contribution in [3.05, 3.63) is 29.8 Å². The average molecular weight is 357 g/mol. The Labute approximate surface area is 144 Å². The van der Waals surface area contributed by atoms with E-state index in [1.165, 1.54) is 6.92 Å². The molecule has 0 heterocycles. The van der Waals surface area contributed by atoms with E-state index < -0.39 is 10.1 Å². The lowest BCUT2D eigenvalue weighted by atomic mass is 10.1. The fraction of sp³-hybridized carbons (Fsp3) is 0.588. The van der Waals surface area contributed by atoms with Gasteiger partial charge in [0.1, 0.15) is 5.75 Å². The number of carbonyl (C=O) groups excluding carboxylic acids is 1. The van der Waals surface area contributed by atoms with Crippen LogP contribution in [0.5, 0.6) is 5.75 Å². The van der Waals surface area contributed by atoms with Crippen LogP contribution in [0.2, 0.25) is 0 Å². The summed E-state index contributed by atoms with van der Waals surface area (Å²) < 4.78 is 33.2. The molecule has 1 amide bonds. The summed E-state index contributed by atoms with van der Waals surface area (Å²) in [6, 6.07) is 6.81. The predicted molar refractivity (Wildman–Crippen MR) is 93.3 cm³/mol. The molecule has 0 N–H and O–H groups in total. The van der Waals surface area contributed by atoms with Crippen LogP contribution >= 0.6 is 0 Å². The summed E-state index contributed by atoms with van der Waals surface area (Å²) in [6.07, 6.45) is 2.31. The zero-order valence-corrected chi connectivity index (χ0v) is 15.5. The summed E-state index contributed by atoms with van der Waals surface area (Å²) in [5, 5.41) is 0. The van der Waals surface area contributed by atoms with E-state index in [2.05, 4.69) is 0 Å². The largest absolute Gasteiger partial charge is 0.383 e. The van der Waals surface area contributed by atoms with E-state index in [1.54, 1.807) is 30.2 Å². The Balaban J connectivity index is 2.83. The van der Waals surface area contributed by atoms with Gasteiger partial charge in [-0.3, -0.25) is 4.79 Å². The molecule has 0 aromatic heterocycles. The SMILES string of the molecule is CCCCC(=O)N(CCOC)Cc1cccc(OS(=O)(=O)CC)c1. The van der Waals surface area contributed by atoms with Crippen molar-refractivity contribution < 1.29 is 22.1 Å². The molecule has 1 rings (SSSR count). The Morgan fingerprint density at radius 3 is 2.62 bits per heavy atom. The Hall–Kier alpha value is -1.60. The highest BCUT2D eigenvalue weighted by atomic mass is 32.2. The first-order valence-corrected chi connectivity index (χ1v) is 9.77. The molecule has 0 radical (unpaired) electrons. The van der Waals surface area contributed by atoms with Gasteiger partial charge in [-0.2, -0.15) is 8.42 Å². The van der Waals surface area contributed by atoms with Crippen LogP contribution in [0.15, 0.2) is 24.3 Å². The lowest BCUT2D eigenvalue weighted by Crippen LogP contribution is -2.33. The second kappa shape index (κ2) is 10.3. The Morgan fingerprint density at radius 1 is 1.25 bits per heavy atom. The monoisotopic (exact) mass is 357 g/mol. The van der Waals surface area contributed by atoms with Crippen molar-refractivity contribution in [3.8, 4) is 5.75 Å². The van der Waals surface area contributed by atoms with E-state index in [0.717, 1.165) is 18.4 Å². The van der Waals surface area contributed by atoms with Gasteiger partial charge in [-0.25, -0.2) is 0 Å². The summed E-state index contributed by atoms with van der Waals surface area (Å²) in [7, 11) is -1.96. The molecular formula is C17H27NO5S. The molecule has 0 atom stereocenters. The van der Waals surface area contributed by atoms with Crippen LogP contribution in [-0.2, 0) is 26.2 Å². The van der Waals surface area contributed by atoms with E-state index in [4.69, 9.17) is 8.92 Å². The van der Waals surface area contributed by atoms with E-state index >= 15 is 0 Å². The molecule has 0 aliphatic heterocycles. The molecule has 0 aliphatic rings. The van der Waals surface area contributed by atoms with Crippen molar-refractivity contribution in [2.45, 2.75) is 39.7 Å². The molecule has 0 saturated carbocycles. The number of unbranched alkanes of at least 4 members (excludes halogenated alkanes) is 1. The zero-order valence-electron chi connectivity index (χ0n) is 14.7. The first-order chi connectivity index (χ1) is 11.4. The normalized spacial score (nSPS) is 11.3. The molecule has 136 valence electrons. The van der Waals surface area contributed by atoms with Crippen molar-refractivity contribution in [1.29, 1.82) is 0 Å². The van der Waals surface area contributed by atoms with Crippen LogP contribution in [-0.4, -0.2) is 45.2 Å². The first-order valence-electron chi connectivity index (χ1n) is 8.19. The number of ether oxygens (including phenoxy) is 1.